The van der Waals surface area contributed by atoms with Crippen LogP contribution in [0.2, 0.25) is 0 Å². The van der Waals surface area contributed by atoms with E-state index in [0.717, 1.165) is 4.90 Å². The number of rotatable bonds is 5. The maximum atomic E-state index is 13.9. The Morgan fingerprint density at radius 1 is 1.26 bits per heavy atom. The molecule has 0 radical (unpaired) electrons. The van der Waals surface area contributed by atoms with E-state index in [1.54, 1.807) is 19.9 Å². The summed E-state index contributed by atoms with van der Waals surface area (Å²) in [6.07, 6.45) is -4.04. The molecule has 1 rings (SSSR count). The minimum absolute atomic E-state index is 0.000255. The van der Waals surface area contributed by atoms with E-state index in [2.05, 4.69) is 0 Å². The van der Waals surface area contributed by atoms with Gasteiger partial charge in [-0.25, -0.2) is 4.39 Å². The zero-order chi connectivity index (χ0) is 14.6. The smallest absolute Gasteiger partial charge is 0.357 e. The monoisotopic (exact) mass is 278 g/mol. The number of para-hydroxylation sites is 1. The SMILES string of the molecule is CC(C)N(CC(F)(F)F)c1c(F)cccc1CCN. The second-order valence-corrected chi connectivity index (χ2v) is 4.62. The van der Waals surface area contributed by atoms with Crippen molar-refractivity contribution in [3.8, 4) is 0 Å². The number of nitrogens with zero attached hydrogens (tertiary/aromatic N) is 1. The Hall–Kier alpha value is -1.30. The Kier molecular flexibility index (Phi) is 5.17. The molecule has 0 aliphatic heterocycles. The maximum absolute atomic E-state index is 13.9. The standard InChI is InChI=1S/C13H18F4N2/c1-9(2)19(8-13(15,16)17)12-10(6-7-18)4-3-5-11(12)14/h3-5,9H,6-8,18H2,1-2H3. The topological polar surface area (TPSA) is 29.3 Å². The summed E-state index contributed by atoms with van der Waals surface area (Å²) in [5.74, 6) is -0.649. The van der Waals surface area contributed by atoms with Gasteiger partial charge in [-0.2, -0.15) is 13.2 Å². The average Bonchev–Trinajstić information content (AvgIpc) is 2.26. The van der Waals surface area contributed by atoms with Crippen molar-refractivity contribution < 1.29 is 17.6 Å². The van der Waals surface area contributed by atoms with Crippen LogP contribution in [0.5, 0.6) is 0 Å². The number of anilines is 1. The molecular weight excluding hydrogens is 260 g/mol. The maximum Gasteiger partial charge on any atom is 0.405 e. The molecule has 0 spiro atoms. The van der Waals surface area contributed by atoms with Crippen molar-refractivity contribution in [2.75, 3.05) is 18.0 Å². The molecule has 0 aliphatic carbocycles. The number of nitrogens with two attached hydrogens (primary N) is 1. The van der Waals surface area contributed by atoms with E-state index in [1.807, 2.05) is 0 Å². The van der Waals surface area contributed by atoms with Gasteiger partial charge in [0.1, 0.15) is 12.4 Å². The molecule has 0 bridgehead atoms. The van der Waals surface area contributed by atoms with Gasteiger partial charge in [-0.05, 0) is 38.4 Å². The summed E-state index contributed by atoms with van der Waals surface area (Å²) in [6, 6.07) is 3.80. The van der Waals surface area contributed by atoms with Crippen molar-refractivity contribution in [2.24, 2.45) is 5.73 Å². The predicted octanol–water partition coefficient (Wildman–Crippen LogP) is 3.10. The quantitative estimate of drug-likeness (QED) is 0.839. The summed E-state index contributed by atoms with van der Waals surface area (Å²) in [7, 11) is 0. The highest BCUT2D eigenvalue weighted by Crippen LogP contribution is 2.30. The molecule has 0 fully saturated rings. The van der Waals surface area contributed by atoms with Gasteiger partial charge in [0.15, 0.2) is 0 Å². The van der Waals surface area contributed by atoms with Gasteiger partial charge in [-0.15, -0.1) is 0 Å². The third-order valence-corrected chi connectivity index (χ3v) is 2.74. The van der Waals surface area contributed by atoms with Crippen LogP contribution in [0.4, 0.5) is 23.2 Å². The van der Waals surface area contributed by atoms with Crippen LogP contribution in [0.25, 0.3) is 0 Å². The fourth-order valence-electron chi connectivity index (χ4n) is 1.95. The molecule has 1 aromatic rings. The van der Waals surface area contributed by atoms with Crippen LogP contribution in [0.15, 0.2) is 18.2 Å². The molecular formula is C13H18F4N2. The molecule has 6 heteroatoms. The number of alkyl halides is 3. The zero-order valence-corrected chi connectivity index (χ0v) is 11.0. The van der Waals surface area contributed by atoms with Gasteiger partial charge in [-0.3, -0.25) is 0 Å². The zero-order valence-electron chi connectivity index (χ0n) is 11.0. The molecule has 0 unspecified atom stereocenters. The lowest BCUT2D eigenvalue weighted by molar-refractivity contribution is -0.120. The van der Waals surface area contributed by atoms with E-state index in [1.165, 1.54) is 12.1 Å². The average molecular weight is 278 g/mol. The number of benzene rings is 1. The van der Waals surface area contributed by atoms with E-state index < -0.39 is 24.6 Å². The first-order valence-corrected chi connectivity index (χ1v) is 6.07. The fourth-order valence-corrected chi connectivity index (χ4v) is 1.95. The Morgan fingerprint density at radius 2 is 1.89 bits per heavy atom. The van der Waals surface area contributed by atoms with Crippen LogP contribution in [-0.4, -0.2) is 25.3 Å². The molecule has 0 heterocycles. The first kappa shape index (κ1) is 15.8. The van der Waals surface area contributed by atoms with Crippen molar-refractivity contribution >= 4 is 5.69 Å². The van der Waals surface area contributed by atoms with Crippen LogP contribution in [0.1, 0.15) is 19.4 Å². The van der Waals surface area contributed by atoms with Crippen molar-refractivity contribution in [1.29, 1.82) is 0 Å². The second kappa shape index (κ2) is 6.23. The third kappa shape index (κ3) is 4.38. The van der Waals surface area contributed by atoms with Gasteiger partial charge in [0.2, 0.25) is 0 Å². The Bertz CT molecular complexity index is 416. The molecule has 0 saturated heterocycles. The number of hydrogen-bond donors (Lipinski definition) is 1. The molecule has 0 aromatic heterocycles. The Labute approximate surface area is 110 Å². The van der Waals surface area contributed by atoms with Crippen LogP contribution in [-0.2, 0) is 6.42 Å². The molecule has 0 aliphatic rings. The van der Waals surface area contributed by atoms with Crippen molar-refractivity contribution in [3.05, 3.63) is 29.6 Å². The van der Waals surface area contributed by atoms with E-state index in [4.69, 9.17) is 5.73 Å². The Morgan fingerprint density at radius 3 is 2.37 bits per heavy atom. The second-order valence-electron chi connectivity index (χ2n) is 4.62. The summed E-state index contributed by atoms with van der Waals surface area (Å²) >= 11 is 0. The number of hydrogen-bond acceptors (Lipinski definition) is 2. The fraction of sp³-hybridized carbons (Fsp3) is 0.538. The Balaban J connectivity index is 3.21. The van der Waals surface area contributed by atoms with Gasteiger partial charge < -0.3 is 10.6 Å². The highest BCUT2D eigenvalue weighted by molar-refractivity contribution is 5.56. The molecule has 0 amide bonds. The highest BCUT2D eigenvalue weighted by atomic mass is 19.4. The molecule has 0 atom stereocenters. The summed E-state index contributed by atoms with van der Waals surface area (Å²) in [4.78, 5) is 1.03. The van der Waals surface area contributed by atoms with Crippen molar-refractivity contribution in [2.45, 2.75) is 32.5 Å². The lowest BCUT2D eigenvalue weighted by atomic mass is 10.1. The minimum Gasteiger partial charge on any atom is -0.357 e. The van der Waals surface area contributed by atoms with Gasteiger partial charge >= 0.3 is 6.18 Å². The molecule has 1 aromatic carbocycles. The van der Waals surface area contributed by atoms with Gasteiger partial charge in [0, 0.05) is 6.04 Å². The van der Waals surface area contributed by atoms with E-state index in [9.17, 15) is 17.6 Å². The molecule has 2 nitrogen and oxygen atoms in total. The summed E-state index contributed by atoms with van der Waals surface area (Å²) in [6.45, 7) is 2.28. The first-order valence-electron chi connectivity index (χ1n) is 6.07. The van der Waals surface area contributed by atoms with E-state index >= 15 is 0 Å². The normalized spacial score (nSPS) is 12.0. The van der Waals surface area contributed by atoms with Gasteiger partial charge in [0.25, 0.3) is 0 Å². The third-order valence-electron chi connectivity index (χ3n) is 2.74. The van der Waals surface area contributed by atoms with Crippen LogP contribution in [0.3, 0.4) is 0 Å². The minimum atomic E-state index is -4.38. The molecule has 19 heavy (non-hydrogen) atoms. The van der Waals surface area contributed by atoms with Gasteiger partial charge in [-0.1, -0.05) is 12.1 Å². The highest BCUT2D eigenvalue weighted by Gasteiger charge is 2.33. The van der Waals surface area contributed by atoms with E-state index in [-0.39, 0.29) is 12.2 Å². The largest absolute Gasteiger partial charge is 0.405 e. The van der Waals surface area contributed by atoms with Crippen LogP contribution < -0.4 is 10.6 Å². The van der Waals surface area contributed by atoms with Crippen molar-refractivity contribution in [1.82, 2.24) is 0 Å². The summed E-state index contributed by atoms with van der Waals surface area (Å²) in [5, 5.41) is 0. The number of halogens is 4. The summed E-state index contributed by atoms with van der Waals surface area (Å²) < 4.78 is 51.7. The predicted molar refractivity (Wildman–Crippen MR) is 67.7 cm³/mol. The lowest BCUT2D eigenvalue weighted by Gasteiger charge is -2.32. The van der Waals surface area contributed by atoms with Crippen LogP contribution in [0, 0.1) is 5.82 Å². The van der Waals surface area contributed by atoms with Crippen molar-refractivity contribution in [3.63, 3.8) is 0 Å². The molecule has 0 saturated carbocycles. The van der Waals surface area contributed by atoms with Gasteiger partial charge in [0.05, 0.1) is 5.69 Å². The first-order chi connectivity index (χ1) is 8.76. The molecule has 108 valence electrons. The molecule has 2 N–H and O–H groups in total. The van der Waals surface area contributed by atoms with Crippen LogP contribution >= 0.6 is 0 Å². The van der Waals surface area contributed by atoms with E-state index in [0.29, 0.717) is 12.0 Å². The summed E-state index contributed by atoms with van der Waals surface area (Å²) in [5.41, 5.74) is 5.92. The lowest BCUT2D eigenvalue weighted by Crippen LogP contribution is -2.40.